The molecule has 0 aliphatic heterocycles. The van der Waals surface area contributed by atoms with Crippen LogP contribution in [0.15, 0.2) is 18.2 Å². The Bertz CT molecular complexity index is 482. The predicted octanol–water partition coefficient (Wildman–Crippen LogP) is 1.69. The number of carbonyl (C=O) groups is 2. The highest BCUT2D eigenvalue weighted by Gasteiger charge is 2.11. The summed E-state index contributed by atoms with van der Waals surface area (Å²) in [6.07, 6.45) is 0.283. The van der Waals surface area contributed by atoms with Gasteiger partial charge in [0.1, 0.15) is 5.75 Å². The van der Waals surface area contributed by atoms with Crippen LogP contribution < -0.4 is 5.32 Å². The zero-order valence-corrected chi connectivity index (χ0v) is 12.3. The summed E-state index contributed by atoms with van der Waals surface area (Å²) >= 11 is 0. The summed E-state index contributed by atoms with van der Waals surface area (Å²) in [4.78, 5) is 25.3. The maximum Gasteiger partial charge on any atom is 0.251 e. The lowest BCUT2D eigenvalue weighted by molar-refractivity contribution is -0.130. The van der Waals surface area contributed by atoms with Crippen LogP contribution >= 0.6 is 0 Å². The molecule has 5 heteroatoms. The molecule has 110 valence electrons. The highest BCUT2D eigenvalue weighted by Crippen LogP contribution is 2.17. The van der Waals surface area contributed by atoms with Gasteiger partial charge in [0, 0.05) is 31.6 Å². The molecule has 0 aliphatic carbocycles. The van der Waals surface area contributed by atoms with E-state index in [2.05, 4.69) is 5.32 Å². The standard InChI is InChI=1S/C15H22N2O3/c1-4-17(5-2)14(19)8-9-16-15(20)12-7-6-11(3)13(18)10-12/h6-7,10,18H,4-5,8-9H2,1-3H3,(H,16,20). The topological polar surface area (TPSA) is 69.6 Å². The number of benzene rings is 1. The molecule has 1 rings (SSSR count). The van der Waals surface area contributed by atoms with E-state index in [-0.39, 0.29) is 24.0 Å². The Hall–Kier alpha value is -2.04. The van der Waals surface area contributed by atoms with Gasteiger partial charge in [0.05, 0.1) is 0 Å². The first-order chi connectivity index (χ1) is 9.49. The SMILES string of the molecule is CCN(CC)C(=O)CCNC(=O)c1ccc(C)c(O)c1. The van der Waals surface area contributed by atoms with Crippen LogP contribution in [0.1, 0.15) is 36.2 Å². The number of nitrogens with zero attached hydrogens (tertiary/aromatic N) is 1. The van der Waals surface area contributed by atoms with Gasteiger partial charge in [0.15, 0.2) is 0 Å². The van der Waals surface area contributed by atoms with Crippen molar-refractivity contribution in [2.24, 2.45) is 0 Å². The molecule has 0 heterocycles. The number of rotatable bonds is 6. The van der Waals surface area contributed by atoms with Crippen LogP contribution in [-0.4, -0.2) is 41.5 Å². The summed E-state index contributed by atoms with van der Waals surface area (Å²) in [6, 6.07) is 4.76. The highest BCUT2D eigenvalue weighted by atomic mass is 16.3. The fourth-order valence-electron chi connectivity index (χ4n) is 1.87. The Morgan fingerprint density at radius 3 is 2.45 bits per heavy atom. The zero-order valence-electron chi connectivity index (χ0n) is 12.3. The van der Waals surface area contributed by atoms with Gasteiger partial charge in [-0.25, -0.2) is 0 Å². The lowest BCUT2D eigenvalue weighted by Gasteiger charge is -2.18. The van der Waals surface area contributed by atoms with Crippen LogP contribution in [-0.2, 0) is 4.79 Å². The van der Waals surface area contributed by atoms with Crippen LogP contribution in [0.4, 0.5) is 0 Å². The van der Waals surface area contributed by atoms with Gasteiger partial charge in [-0.05, 0) is 38.5 Å². The van der Waals surface area contributed by atoms with E-state index in [0.29, 0.717) is 25.2 Å². The van der Waals surface area contributed by atoms with Crippen LogP contribution in [0, 0.1) is 6.92 Å². The molecule has 0 fully saturated rings. The van der Waals surface area contributed by atoms with Crippen LogP contribution in [0.25, 0.3) is 0 Å². The molecule has 1 aromatic rings. The van der Waals surface area contributed by atoms with Crippen molar-refractivity contribution in [3.05, 3.63) is 29.3 Å². The molecule has 0 aromatic heterocycles. The first-order valence-corrected chi connectivity index (χ1v) is 6.85. The number of phenols is 1. The monoisotopic (exact) mass is 278 g/mol. The maximum atomic E-state index is 11.9. The van der Waals surface area contributed by atoms with Crippen molar-refractivity contribution in [1.82, 2.24) is 10.2 Å². The van der Waals surface area contributed by atoms with Crippen molar-refractivity contribution in [2.45, 2.75) is 27.2 Å². The number of phenolic OH excluding ortho intramolecular Hbond substituents is 1. The molecule has 0 aliphatic rings. The summed E-state index contributed by atoms with van der Waals surface area (Å²) in [5.74, 6) is -0.161. The lowest BCUT2D eigenvalue weighted by atomic mass is 10.1. The molecule has 0 unspecified atom stereocenters. The predicted molar refractivity (Wildman–Crippen MR) is 77.7 cm³/mol. The fourth-order valence-corrected chi connectivity index (χ4v) is 1.87. The van der Waals surface area contributed by atoms with Gasteiger partial charge in [0.2, 0.25) is 5.91 Å². The normalized spacial score (nSPS) is 10.2. The minimum atomic E-state index is -0.285. The van der Waals surface area contributed by atoms with Crippen molar-refractivity contribution < 1.29 is 14.7 Å². The third kappa shape index (κ3) is 4.26. The number of hydrogen-bond acceptors (Lipinski definition) is 3. The number of hydrogen-bond donors (Lipinski definition) is 2. The number of carbonyl (C=O) groups excluding carboxylic acids is 2. The zero-order chi connectivity index (χ0) is 15.1. The number of aryl methyl sites for hydroxylation is 1. The van der Waals surface area contributed by atoms with E-state index in [4.69, 9.17) is 0 Å². The van der Waals surface area contributed by atoms with Gasteiger partial charge in [0.25, 0.3) is 5.91 Å². The molecule has 5 nitrogen and oxygen atoms in total. The third-order valence-corrected chi connectivity index (χ3v) is 3.21. The minimum Gasteiger partial charge on any atom is -0.508 e. The smallest absolute Gasteiger partial charge is 0.251 e. The number of aromatic hydroxyl groups is 1. The van der Waals surface area contributed by atoms with Crippen LogP contribution in [0.5, 0.6) is 5.75 Å². The van der Waals surface area contributed by atoms with Gasteiger partial charge in [-0.15, -0.1) is 0 Å². The molecule has 0 atom stereocenters. The quantitative estimate of drug-likeness (QED) is 0.832. The Labute approximate surface area is 119 Å². The van der Waals surface area contributed by atoms with E-state index < -0.39 is 0 Å². The van der Waals surface area contributed by atoms with Crippen molar-refractivity contribution in [3.8, 4) is 5.75 Å². The second-order valence-electron chi connectivity index (χ2n) is 4.57. The van der Waals surface area contributed by atoms with Crippen molar-refractivity contribution >= 4 is 11.8 Å². The maximum absolute atomic E-state index is 11.9. The Morgan fingerprint density at radius 2 is 1.90 bits per heavy atom. The Balaban J connectivity index is 2.47. The summed E-state index contributed by atoms with van der Waals surface area (Å²) in [5.41, 5.74) is 1.11. The molecule has 2 N–H and O–H groups in total. The fraction of sp³-hybridized carbons (Fsp3) is 0.467. The largest absolute Gasteiger partial charge is 0.508 e. The van der Waals surface area contributed by atoms with E-state index >= 15 is 0 Å². The van der Waals surface area contributed by atoms with E-state index in [1.807, 2.05) is 13.8 Å². The van der Waals surface area contributed by atoms with Crippen LogP contribution in [0.3, 0.4) is 0 Å². The van der Waals surface area contributed by atoms with Crippen molar-refractivity contribution in [1.29, 1.82) is 0 Å². The summed E-state index contributed by atoms with van der Waals surface area (Å²) < 4.78 is 0. The first-order valence-electron chi connectivity index (χ1n) is 6.85. The Kier molecular flexibility index (Phi) is 6.03. The van der Waals surface area contributed by atoms with Gasteiger partial charge < -0.3 is 15.3 Å². The first kappa shape index (κ1) is 16.0. The molecule has 0 radical (unpaired) electrons. The van der Waals surface area contributed by atoms with Crippen molar-refractivity contribution in [2.75, 3.05) is 19.6 Å². The third-order valence-electron chi connectivity index (χ3n) is 3.21. The summed E-state index contributed by atoms with van der Waals surface area (Å²) in [7, 11) is 0. The summed E-state index contributed by atoms with van der Waals surface area (Å²) in [6.45, 7) is 7.26. The van der Waals surface area contributed by atoms with E-state index in [1.54, 1.807) is 24.0 Å². The van der Waals surface area contributed by atoms with Gasteiger partial charge in [-0.2, -0.15) is 0 Å². The molecule has 0 saturated heterocycles. The molecule has 0 saturated carbocycles. The van der Waals surface area contributed by atoms with Gasteiger partial charge in [-0.1, -0.05) is 6.07 Å². The lowest BCUT2D eigenvalue weighted by Crippen LogP contribution is -2.34. The van der Waals surface area contributed by atoms with Gasteiger partial charge >= 0.3 is 0 Å². The molecule has 1 aromatic carbocycles. The van der Waals surface area contributed by atoms with Crippen molar-refractivity contribution in [3.63, 3.8) is 0 Å². The molecular formula is C15H22N2O3. The molecule has 20 heavy (non-hydrogen) atoms. The second kappa shape index (κ2) is 7.53. The van der Waals surface area contributed by atoms with Gasteiger partial charge in [-0.3, -0.25) is 9.59 Å². The molecule has 0 bridgehead atoms. The average molecular weight is 278 g/mol. The van der Waals surface area contributed by atoms with E-state index in [0.717, 1.165) is 5.56 Å². The van der Waals surface area contributed by atoms with Crippen LogP contribution in [0.2, 0.25) is 0 Å². The molecular weight excluding hydrogens is 256 g/mol. The Morgan fingerprint density at radius 1 is 1.25 bits per heavy atom. The average Bonchev–Trinajstić information content (AvgIpc) is 2.43. The highest BCUT2D eigenvalue weighted by molar-refractivity contribution is 5.94. The second-order valence-corrected chi connectivity index (χ2v) is 4.57. The molecule has 2 amide bonds. The number of amides is 2. The van der Waals surface area contributed by atoms with E-state index in [9.17, 15) is 14.7 Å². The molecule has 0 spiro atoms. The number of nitrogens with one attached hydrogen (secondary N) is 1. The summed E-state index contributed by atoms with van der Waals surface area (Å²) in [5, 5.41) is 12.2. The minimum absolute atomic E-state index is 0.0297. The van der Waals surface area contributed by atoms with E-state index in [1.165, 1.54) is 6.07 Å².